The molecule has 3 atom stereocenters. The highest BCUT2D eigenvalue weighted by Gasteiger charge is 2.32. The van der Waals surface area contributed by atoms with E-state index in [2.05, 4.69) is 34.5 Å². The highest BCUT2D eigenvalue weighted by atomic mass is 16.4. The number of rotatable bonds is 5. The van der Waals surface area contributed by atoms with Gasteiger partial charge in [0.2, 0.25) is 0 Å². The van der Waals surface area contributed by atoms with Crippen LogP contribution in [0.5, 0.6) is 0 Å². The monoisotopic (exact) mass is 359 g/mol. The van der Waals surface area contributed by atoms with Crippen LogP contribution in [0.15, 0.2) is 30.3 Å². The molecule has 3 unspecified atom stereocenters. The summed E-state index contributed by atoms with van der Waals surface area (Å²) in [5, 5.41) is 12.3. The van der Waals surface area contributed by atoms with Crippen LogP contribution in [0.2, 0.25) is 0 Å². The molecule has 1 aromatic rings. The van der Waals surface area contributed by atoms with Crippen molar-refractivity contribution < 1.29 is 14.7 Å². The lowest BCUT2D eigenvalue weighted by atomic mass is 9.91. The van der Waals surface area contributed by atoms with Crippen LogP contribution in [0.3, 0.4) is 0 Å². The Hall–Kier alpha value is -2.08. The third-order valence-electron chi connectivity index (χ3n) is 5.51. The summed E-state index contributed by atoms with van der Waals surface area (Å²) in [6, 6.07) is 10.6. The lowest BCUT2D eigenvalue weighted by Gasteiger charge is -2.35. The van der Waals surface area contributed by atoms with E-state index in [-0.39, 0.29) is 11.9 Å². The zero-order valence-electron chi connectivity index (χ0n) is 15.4. The van der Waals surface area contributed by atoms with Crippen molar-refractivity contribution in [2.24, 2.45) is 11.8 Å². The number of carboxylic acid groups (broad SMARTS) is 1. The second kappa shape index (κ2) is 8.54. The van der Waals surface area contributed by atoms with Crippen molar-refractivity contribution in [2.45, 2.75) is 38.8 Å². The first-order valence-electron chi connectivity index (χ1n) is 9.56. The van der Waals surface area contributed by atoms with Crippen LogP contribution in [0.1, 0.15) is 31.7 Å². The van der Waals surface area contributed by atoms with Crippen molar-refractivity contribution >= 4 is 12.0 Å². The van der Waals surface area contributed by atoms with Crippen LogP contribution in [0.25, 0.3) is 0 Å². The molecule has 3 rings (SSSR count). The van der Waals surface area contributed by atoms with E-state index in [1.54, 1.807) is 4.90 Å². The largest absolute Gasteiger partial charge is 0.481 e. The Morgan fingerprint density at radius 3 is 2.73 bits per heavy atom. The number of nitrogens with zero attached hydrogens (tertiary/aromatic N) is 2. The van der Waals surface area contributed by atoms with Crippen molar-refractivity contribution in [3.8, 4) is 0 Å². The third-order valence-corrected chi connectivity index (χ3v) is 5.51. The first kappa shape index (κ1) is 18.7. The van der Waals surface area contributed by atoms with Gasteiger partial charge in [-0.2, -0.15) is 0 Å². The standard InChI is InChI=1S/C20H29N3O3/c1-15-10-17(19(24)25)14-23(12-15)20(26)21-11-18-8-5-9-22(18)13-16-6-3-2-4-7-16/h2-4,6-7,15,17-18H,5,8-14H2,1H3,(H,21,26)(H,24,25). The minimum absolute atomic E-state index is 0.130. The van der Waals surface area contributed by atoms with Gasteiger partial charge in [0.25, 0.3) is 0 Å². The predicted octanol–water partition coefficient (Wildman–Crippen LogP) is 2.40. The molecule has 6 heteroatoms. The summed E-state index contributed by atoms with van der Waals surface area (Å²) in [6.07, 6.45) is 2.88. The van der Waals surface area contributed by atoms with Crippen LogP contribution >= 0.6 is 0 Å². The molecule has 26 heavy (non-hydrogen) atoms. The van der Waals surface area contributed by atoms with Gasteiger partial charge in [-0.3, -0.25) is 9.69 Å². The molecule has 0 aliphatic carbocycles. The molecule has 2 aliphatic rings. The molecular weight excluding hydrogens is 330 g/mol. The van der Waals surface area contributed by atoms with Crippen molar-refractivity contribution in [1.82, 2.24) is 15.1 Å². The highest BCUT2D eigenvalue weighted by Crippen LogP contribution is 2.22. The zero-order valence-corrected chi connectivity index (χ0v) is 15.4. The molecule has 0 radical (unpaired) electrons. The maximum Gasteiger partial charge on any atom is 0.317 e. The summed E-state index contributed by atoms with van der Waals surface area (Å²) in [4.78, 5) is 27.9. The number of hydrogen-bond acceptors (Lipinski definition) is 3. The Labute approximate surface area is 155 Å². The zero-order chi connectivity index (χ0) is 18.5. The van der Waals surface area contributed by atoms with Gasteiger partial charge in [0.1, 0.15) is 0 Å². The Kier molecular flexibility index (Phi) is 6.14. The van der Waals surface area contributed by atoms with Gasteiger partial charge in [-0.15, -0.1) is 0 Å². The number of aliphatic carboxylic acids is 1. The van der Waals surface area contributed by atoms with Gasteiger partial charge in [0.15, 0.2) is 0 Å². The summed E-state index contributed by atoms with van der Waals surface area (Å²) in [6.45, 7) is 5.53. The second-order valence-electron chi connectivity index (χ2n) is 7.72. The van der Waals surface area contributed by atoms with Gasteiger partial charge in [0, 0.05) is 32.2 Å². The van der Waals surface area contributed by atoms with Gasteiger partial charge in [0.05, 0.1) is 5.92 Å². The van der Waals surface area contributed by atoms with E-state index in [1.165, 1.54) is 5.56 Å². The molecule has 6 nitrogen and oxygen atoms in total. The lowest BCUT2D eigenvalue weighted by Crippen LogP contribution is -2.51. The van der Waals surface area contributed by atoms with Crippen LogP contribution in [-0.2, 0) is 11.3 Å². The Morgan fingerprint density at radius 2 is 2.00 bits per heavy atom. The van der Waals surface area contributed by atoms with Crippen LogP contribution < -0.4 is 5.32 Å². The molecule has 2 aliphatic heterocycles. The number of piperidine rings is 1. The Bertz CT molecular complexity index is 622. The average Bonchev–Trinajstić information content (AvgIpc) is 3.07. The number of benzene rings is 1. The fourth-order valence-electron chi connectivity index (χ4n) is 4.17. The number of hydrogen-bond donors (Lipinski definition) is 2. The minimum Gasteiger partial charge on any atom is -0.481 e. The van der Waals surface area contributed by atoms with E-state index < -0.39 is 11.9 Å². The van der Waals surface area contributed by atoms with E-state index in [1.807, 2.05) is 13.0 Å². The number of nitrogens with one attached hydrogen (secondary N) is 1. The molecular formula is C20H29N3O3. The van der Waals surface area contributed by atoms with Crippen molar-refractivity contribution in [3.63, 3.8) is 0 Å². The average molecular weight is 359 g/mol. The number of urea groups is 1. The summed E-state index contributed by atoms with van der Waals surface area (Å²) in [7, 11) is 0. The lowest BCUT2D eigenvalue weighted by molar-refractivity contribution is -0.143. The van der Waals surface area contributed by atoms with Crippen LogP contribution in [-0.4, -0.2) is 59.1 Å². The van der Waals surface area contributed by atoms with E-state index in [0.29, 0.717) is 32.1 Å². The molecule has 2 saturated heterocycles. The summed E-state index contributed by atoms with van der Waals surface area (Å²) >= 11 is 0. The first-order valence-corrected chi connectivity index (χ1v) is 9.56. The highest BCUT2D eigenvalue weighted by molar-refractivity contribution is 5.76. The molecule has 0 aromatic heterocycles. The number of carbonyl (C=O) groups excluding carboxylic acids is 1. The van der Waals surface area contributed by atoms with Crippen molar-refractivity contribution in [2.75, 3.05) is 26.2 Å². The molecule has 2 heterocycles. The number of carbonyl (C=O) groups is 2. The summed E-state index contributed by atoms with van der Waals surface area (Å²) in [5.74, 6) is -1.04. The van der Waals surface area contributed by atoms with E-state index in [9.17, 15) is 14.7 Å². The smallest absolute Gasteiger partial charge is 0.317 e. The van der Waals surface area contributed by atoms with Gasteiger partial charge < -0.3 is 15.3 Å². The van der Waals surface area contributed by atoms with Crippen LogP contribution in [0, 0.1) is 11.8 Å². The Balaban J connectivity index is 1.51. The normalized spacial score (nSPS) is 26.7. The molecule has 2 N–H and O–H groups in total. The topological polar surface area (TPSA) is 72.9 Å². The second-order valence-corrected chi connectivity index (χ2v) is 7.72. The van der Waals surface area contributed by atoms with Crippen molar-refractivity contribution in [1.29, 1.82) is 0 Å². The van der Waals surface area contributed by atoms with Gasteiger partial charge in [-0.25, -0.2) is 4.79 Å². The molecule has 0 spiro atoms. The molecule has 142 valence electrons. The maximum atomic E-state index is 12.5. The molecule has 2 amide bonds. The maximum absolute atomic E-state index is 12.5. The number of likely N-dealkylation sites (tertiary alicyclic amines) is 2. The fourth-order valence-corrected chi connectivity index (χ4v) is 4.17. The fraction of sp³-hybridized carbons (Fsp3) is 0.600. The van der Waals surface area contributed by atoms with Gasteiger partial charge >= 0.3 is 12.0 Å². The molecule has 0 bridgehead atoms. The van der Waals surface area contributed by atoms with E-state index >= 15 is 0 Å². The Morgan fingerprint density at radius 1 is 1.23 bits per heavy atom. The molecule has 1 aromatic carbocycles. The quantitative estimate of drug-likeness (QED) is 0.847. The number of carboxylic acids is 1. The molecule has 0 saturated carbocycles. The first-order chi connectivity index (χ1) is 12.5. The summed E-state index contributed by atoms with van der Waals surface area (Å²) < 4.78 is 0. The molecule has 2 fully saturated rings. The van der Waals surface area contributed by atoms with Crippen LogP contribution in [0.4, 0.5) is 4.79 Å². The van der Waals surface area contributed by atoms with Gasteiger partial charge in [-0.1, -0.05) is 37.3 Å². The van der Waals surface area contributed by atoms with Gasteiger partial charge in [-0.05, 0) is 37.3 Å². The predicted molar refractivity (Wildman–Crippen MR) is 99.8 cm³/mol. The third kappa shape index (κ3) is 4.75. The summed E-state index contributed by atoms with van der Waals surface area (Å²) in [5.41, 5.74) is 1.29. The number of amides is 2. The SMILES string of the molecule is CC1CC(C(=O)O)CN(C(=O)NCC2CCCN2Cc2ccccc2)C1. The minimum atomic E-state index is -0.806. The van der Waals surface area contributed by atoms with E-state index in [4.69, 9.17) is 0 Å². The van der Waals surface area contributed by atoms with E-state index in [0.717, 1.165) is 25.9 Å². The van der Waals surface area contributed by atoms with Crippen molar-refractivity contribution in [3.05, 3.63) is 35.9 Å².